The molecule has 0 radical (unpaired) electrons. The summed E-state index contributed by atoms with van der Waals surface area (Å²) >= 11 is 0. The van der Waals surface area contributed by atoms with E-state index in [0.29, 0.717) is 13.0 Å². The van der Waals surface area contributed by atoms with Gasteiger partial charge in [-0.25, -0.2) is 4.18 Å². The third kappa shape index (κ3) is 45.9. The summed E-state index contributed by atoms with van der Waals surface area (Å²) in [5, 5.41) is 30.9. The van der Waals surface area contributed by atoms with Gasteiger partial charge in [0.2, 0.25) is 0 Å². The molecule has 1 aliphatic rings. The van der Waals surface area contributed by atoms with Gasteiger partial charge in [0.1, 0.15) is 30.5 Å². The van der Waals surface area contributed by atoms with Crippen LogP contribution in [-0.4, -0.2) is 97.5 Å². The largest absolute Gasteiger partial charge is 0.457 e. The quantitative estimate of drug-likeness (QED) is 0.0196. The Morgan fingerprint density at radius 1 is 0.500 bits per heavy atom. The maximum Gasteiger partial charge on any atom is 0.397 e. The van der Waals surface area contributed by atoms with Crippen LogP contribution in [0.15, 0.2) is 48.6 Å². The first kappa shape index (κ1) is 72.1. The van der Waals surface area contributed by atoms with Gasteiger partial charge in [-0.3, -0.25) is 9.35 Å². The molecule has 1 heterocycles. The molecule has 1 rings (SSSR count). The highest BCUT2D eigenvalue weighted by atomic mass is 32.3. The van der Waals surface area contributed by atoms with Crippen LogP contribution >= 0.6 is 0 Å². The fourth-order valence-electron chi connectivity index (χ4n) is 9.68. The van der Waals surface area contributed by atoms with Crippen molar-refractivity contribution in [3.8, 4) is 0 Å². The summed E-state index contributed by atoms with van der Waals surface area (Å²) in [4.78, 5) is 13.0. The van der Waals surface area contributed by atoms with Crippen molar-refractivity contribution in [2.45, 2.75) is 320 Å². The maximum atomic E-state index is 13.0. The molecule has 13 heteroatoms. The zero-order chi connectivity index (χ0) is 55.3. The van der Waals surface area contributed by atoms with E-state index < -0.39 is 59.8 Å². The summed E-state index contributed by atoms with van der Waals surface area (Å²) in [6, 6.07) is 0. The van der Waals surface area contributed by atoms with Crippen LogP contribution in [0.25, 0.3) is 0 Å². The second-order valence-electron chi connectivity index (χ2n) is 21.6. The lowest BCUT2D eigenvalue weighted by molar-refractivity contribution is -0.301. The van der Waals surface area contributed by atoms with Crippen LogP contribution in [0.5, 0.6) is 0 Å². The van der Waals surface area contributed by atoms with Crippen LogP contribution in [0.2, 0.25) is 0 Å². The molecule has 6 unspecified atom stereocenters. The number of carbonyl (C=O) groups excluding carboxylic acids is 1. The number of rotatable bonds is 56. The predicted molar refractivity (Wildman–Crippen MR) is 313 cm³/mol. The van der Waals surface area contributed by atoms with Gasteiger partial charge in [0, 0.05) is 13.0 Å². The number of hydrogen-bond donors (Lipinski definition) is 4. The Kier molecular flexibility index (Phi) is 50.9. The molecule has 0 bridgehead atoms. The Labute approximate surface area is 466 Å². The van der Waals surface area contributed by atoms with Crippen molar-refractivity contribution in [1.29, 1.82) is 0 Å². The minimum atomic E-state index is -5.07. The van der Waals surface area contributed by atoms with Crippen LogP contribution in [0, 0.1) is 0 Å². The number of esters is 1. The monoisotopic (exact) mass is 1100 g/mol. The Morgan fingerprint density at radius 3 is 1.25 bits per heavy atom. The molecular weight excluding hydrogens is 981 g/mol. The molecule has 0 amide bonds. The first-order valence-corrected chi connectivity index (χ1v) is 32.8. The Balaban J connectivity index is 2.25. The highest BCUT2D eigenvalue weighted by Gasteiger charge is 2.48. The smallest absolute Gasteiger partial charge is 0.397 e. The summed E-state index contributed by atoms with van der Waals surface area (Å²) in [6.07, 6.45) is 60.1. The van der Waals surface area contributed by atoms with Gasteiger partial charge in [0.05, 0.1) is 19.8 Å². The topological polar surface area (TPSA) is 178 Å². The fourth-order valence-corrected chi connectivity index (χ4v) is 10.2. The first-order chi connectivity index (χ1) is 37.1. The van der Waals surface area contributed by atoms with Gasteiger partial charge < -0.3 is 34.3 Å². The summed E-state index contributed by atoms with van der Waals surface area (Å²) in [6.45, 7) is 4.02. The lowest BCUT2D eigenvalue weighted by Gasteiger charge is -2.41. The van der Waals surface area contributed by atoms with E-state index in [1.54, 1.807) is 0 Å². The number of carbonyl (C=O) groups is 1. The van der Waals surface area contributed by atoms with Crippen molar-refractivity contribution >= 4 is 16.4 Å². The second kappa shape index (κ2) is 53.7. The van der Waals surface area contributed by atoms with Gasteiger partial charge in [-0.2, -0.15) is 8.42 Å². The molecule has 1 fully saturated rings. The van der Waals surface area contributed by atoms with Gasteiger partial charge in [0.15, 0.2) is 6.29 Å². The summed E-state index contributed by atoms with van der Waals surface area (Å²) in [5.41, 5.74) is 0. The number of unbranched alkanes of at least 4 members (excludes halogenated alkanes) is 35. The van der Waals surface area contributed by atoms with Crippen molar-refractivity contribution in [2.75, 3.05) is 26.4 Å². The first-order valence-electron chi connectivity index (χ1n) is 31.4. The molecule has 0 spiro atoms. The molecule has 0 aromatic rings. The highest BCUT2D eigenvalue weighted by molar-refractivity contribution is 7.80. The van der Waals surface area contributed by atoms with Crippen molar-refractivity contribution < 1.29 is 56.2 Å². The normalized spacial score (nSPS) is 18.8. The van der Waals surface area contributed by atoms with Crippen molar-refractivity contribution in [2.24, 2.45) is 0 Å². The van der Waals surface area contributed by atoms with E-state index in [1.807, 2.05) is 0 Å². The summed E-state index contributed by atoms with van der Waals surface area (Å²) in [5.74, 6) is -0.397. The van der Waals surface area contributed by atoms with E-state index in [9.17, 15) is 33.1 Å². The molecule has 12 nitrogen and oxygen atoms in total. The molecule has 6 atom stereocenters. The molecule has 0 aromatic heterocycles. The van der Waals surface area contributed by atoms with Crippen LogP contribution < -0.4 is 0 Å². The average molecular weight is 1100 g/mol. The number of aliphatic hydroxyl groups is 3. The lowest BCUT2D eigenvalue weighted by atomic mass is 9.99. The SMILES string of the molecule is CCCCCCC/C=C\C/C=C\CCCCCCCCCCCCCCCCOCC(COC1OC(CO)C(O)C(OS(=O)(=O)O)C1O)OC(=O)CCCCCCCCCCCCC/C=C\C/C=C\CCCCCCC. The third-order valence-corrected chi connectivity index (χ3v) is 14.9. The van der Waals surface area contributed by atoms with Crippen LogP contribution in [0.3, 0.4) is 0 Å². The van der Waals surface area contributed by atoms with Gasteiger partial charge in [-0.05, 0) is 77.0 Å². The summed E-state index contributed by atoms with van der Waals surface area (Å²) < 4.78 is 59.6. The van der Waals surface area contributed by atoms with Gasteiger partial charge >= 0.3 is 16.4 Å². The van der Waals surface area contributed by atoms with Crippen LogP contribution in [0.4, 0.5) is 0 Å². The van der Waals surface area contributed by atoms with E-state index in [2.05, 4.69) is 66.6 Å². The lowest BCUT2D eigenvalue weighted by Crippen LogP contribution is -2.60. The van der Waals surface area contributed by atoms with E-state index >= 15 is 0 Å². The zero-order valence-electron chi connectivity index (χ0n) is 48.6. The Bertz CT molecular complexity index is 1500. The molecule has 76 heavy (non-hydrogen) atoms. The number of allylic oxidation sites excluding steroid dienone is 8. The number of aliphatic hydroxyl groups excluding tert-OH is 3. The molecular formula is C63H116O12S. The van der Waals surface area contributed by atoms with E-state index in [1.165, 1.54) is 205 Å². The predicted octanol–water partition coefficient (Wildman–Crippen LogP) is 16.2. The molecule has 0 aliphatic carbocycles. The average Bonchev–Trinajstić information content (AvgIpc) is 3.40. The van der Waals surface area contributed by atoms with Crippen LogP contribution in [0.1, 0.15) is 284 Å². The molecule has 1 aliphatic heterocycles. The Morgan fingerprint density at radius 2 is 0.868 bits per heavy atom. The van der Waals surface area contributed by atoms with Crippen molar-refractivity contribution in [1.82, 2.24) is 0 Å². The van der Waals surface area contributed by atoms with Gasteiger partial charge in [-0.1, -0.05) is 249 Å². The zero-order valence-corrected chi connectivity index (χ0v) is 49.4. The van der Waals surface area contributed by atoms with Crippen molar-refractivity contribution in [3.05, 3.63) is 48.6 Å². The van der Waals surface area contributed by atoms with Crippen molar-refractivity contribution in [3.63, 3.8) is 0 Å². The number of ether oxygens (including phenoxy) is 4. The number of hydrogen-bond acceptors (Lipinski definition) is 11. The summed E-state index contributed by atoms with van der Waals surface area (Å²) in [7, 11) is -5.07. The second-order valence-corrected chi connectivity index (χ2v) is 22.7. The molecule has 0 saturated carbocycles. The Hall–Kier alpha value is -1.94. The standard InChI is InChI=1S/C63H116O12S/c1-3-5-7-9-11-13-15-17-19-21-23-25-27-28-29-31-33-35-37-39-41-43-45-47-49-51-53-71-55-57(56-72-63-61(67)62(75-76(68,69)70)60(66)58(54-64)74-63)73-59(65)52-50-48-46-44-42-40-38-36-34-32-30-26-24-22-20-18-16-14-12-10-8-6-4-2/h15-18,21-24,57-58,60-64,66-67H,3-14,19-20,25-56H2,1-2H3,(H,68,69,70)/b17-15-,18-16-,23-21-,24-22-. The van der Waals surface area contributed by atoms with Gasteiger partial charge in [-0.15, -0.1) is 0 Å². The molecule has 1 saturated heterocycles. The maximum absolute atomic E-state index is 13.0. The van der Waals surface area contributed by atoms with E-state index in [-0.39, 0.29) is 19.6 Å². The van der Waals surface area contributed by atoms with Crippen LogP contribution in [-0.2, 0) is 38.3 Å². The molecule has 446 valence electrons. The van der Waals surface area contributed by atoms with E-state index in [4.69, 9.17) is 18.9 Å². The molecule has 0 aromatic carbocycles. The minimum absolute atomic E-state index is 0.0363. The van der Waals surface area contributed by atoms with E-state index in [0.717, 1.165) is 51.4 Å². The fraction of sp³-hybridized carbons (Fsp3) is 0.857. The highest BCUT2D eigenvalue weighted by Crippen LogP contribution is 2.26. The third-order valence-electron chi connectivity index (χ3n) is 14.4. The molecule has 4 N–H and O–H groups in total. The van der Waals surface area contributed by atoms with Gasteiger partial charge in [0.25, 0.3) is 0 Å². The minimum Gasteiger partial charge on any atom is -0.457 e.